The molecule has 3 heterocycles. The minimum absolute atomic E-state index is 0.0358. The SMILES string of the molecule is Cc1nccc(NCC2CCn3ncc(C(=O)NC(C)C)c3C2)n1. The van der Waals surface area contributed by atoms with Crippen molar-refractivity contribution < 1.29 is 4.79 Å². The summed E-state index contributed by atoms with van der Waals surface area (Å²) in [5.41, 5.74) is 1.73. The molecule has 1 atom stereocenters. The van der Waals surface area contributed by atoms with Crippen molar-refractivity contribution in [2.24, 2.45) is 5.92 Å². The lowest BCUT2D eigenvalue weighted by Gasteiger charge is -2.24. The van der Waals surface area contributed by atoms with Gasteiger partial charge in [-0.15, -0.1) is 0 Å². The van der Waals surface area contributed by atoms with Crippen molar-refractivity contribution in [2.45, 2.75) is 46.2 Å². The maximum Gasteiger partial charge on any atom is 0.254 e. The van der Waals surface area contributed by atoms with E-state index in [0.29, 0.717) is 11.5 Å². The van der Waals surface area contributed by atoms with Crippen molar-refractivity contribution in [1.82, 2.24) is 25.1 Å². The Bertz CT molecular complexity index is 724. The van der Waals surface area contributed by atoms with Gasteiger partial charge >= 0.3 is 0 Å². The first kappa shape index (κ1) is 16.4. The predicted molar refractivity (Wildman–Crippen MR) is 91.9 cm³/mol. The number of aromatic nitrogens is 4. The molecule has 1 amide bonds. The van der Waals surface area contributed by atoms with E-state index in [9.17, 15) is 4.79 Å². The first-order valence-electron chi connectivity index (χ1n) is 8.42. The molecule has 0 saturated carbocycles. The summed E-state index contributed by atoms with van der Waals surface area (Å²) in [4.78, 5) is 20.8. The first-order chi connectivity index (χ1) is 11.5. The van der Waals surface area contributed by atoms with E-state index in [4.69, 9.17) is 0 Å². The van der Waals surface area contributed by atoms with Gasteiger partial charge in [0.05, 0.1) is 17.5 Å². The average molecular weight is 328 g/mol. The monoisotopic (exact) mass is 328 g/mol. The van der Waals surface area contributed by atoms with E-state index in [-0.39, 0.29) is 11.9 Å². The van der Waals surface area contributed by atoms with E-state index >= 15 is 0 Å². The molecule has 7 heteroatoms. The van der Waals surface area contributed by atoms with E-state index in [1.165, 1.54) is 0 Å². The van der Waals surface area contributed by atoms with E-state index in [1.807, 2.05) is 31.5 Å². The highest BCUT2D eigenvalue weighted by Crippen LogP contribution is 2.23. The molecule has 0 spiro atoms. The van der Waals surface area contributed by atoms with Gasteiger partial charge in [-0.1, -0.05) is 0 Å². The number of carbonyl (C=O) groups excluding carboxylic acids is 1. The molecule has 0 radical (unpaired) electrons. The predicted octanol–water partition coefficient (Wildman–Crippen LogP) is 1.79. The second kappa shape index (κ2) is 6.98. The third-order valence-electron chi connectivity index (χ3n) is 4.19. The highest BCUT2D eigenvalue weighted by molar-refractivity contribution is 5.95. The van der Waals surface area contributed by atoms with Crippen molar-refractivity contribution in [1.29, 1.82) is 0 Å². The zero-order valence-corrected chi connectivity index (χ0v) is 14.4. The molecular formula is C17H24N6O. The number of amides is 1. The van der Waals surface area contributed by atoms with Gasteiger partial charge in [0.2, 0.25) is 0 Å². The van der Waals surface area contributed by atoms with Gasteiger partial charge in [0, 0.05) is 25.3 Å². The third kappa shape index (κ3) is 3.72. The van der Waals surface area contributed by atoms with Crippen molar-refractivity contribution in [3.8, 4) is 0 Å². The Morgan fingerprint density at radius 1 is 1.46 bits per heavy atom. The fourth-order valence-corrected chi connectivity index (χ4v) is 3.01. The standard InChI is InChI=1S/C17H24N6O/c1-11(2)21-17(24)14-10-20-23-7-5-13(8-15(14)23)9-19-16-4-6-18-12(3)22-16/h4,6,10-11,13H,5,7-9H2,1-3H3,(H,21,24)(H,18,19,22). The Morgan fingerprint density at radius 2 is 2.29 bits per heavy atom. The molecular weight excluding hydrogens is 304 g/mol. The van der Waals surface area contributed by atoms with Gasteiger partial charge in [-0.3, -0.25) is 9.48 Å². The number of nitrogens with one attached hydrogen (secondary N) is 2. The van der Waals surface area contributed by atoms with Crippen LogP contribution in [0.4, 0.5) is 5.82 Å². The molecule has 2 aromatic rings. The zero-order chi connectivity index (χ0) is 17.1. The number of anilines is 1. The minimum Gasteiger partial charge on any atom is -0.370 e. The lowest BCUT2D eigenvalue weighted by atomic mass is 9.94. The normalized spacial score (nSPS) is 16.8. The fourth-order valence-electron chi connectivity index (χ4n) is 3.01. The summed E-state index contributed by atoms with van der Waals surface area (Å²) >= 11 is 0. The summed E-state index contributed by atoms with van der Waals surface area (Å²) in [5.74, 6) is 2.02. The second-order valence-corrected chi connectivity index (χ2v) is 6.59. The minimum atomic E-state index is -0.0358. The molecule has 7 nitrogen and oxygen atoms in total. The van der Waals surface area contributed by atoms with Gasteiger partial charge < -0.3 is 10.6 Å². The molecule has 1 aliphatic rings. The van der Waals surface area contributed by atoms with Gasteiger partial charge in [0.25, 0.3) is 5.91 Å². The summed E-state index contributed by atoms with van der Waals surface area (Å²) in [5, 5.41) is 10.7. The second-order valence-electron chi connectivity index (χ2n) is 6.59. The zero-order valence-electron chi connectivity index (χ0n) is 14.4. The third-order valence-corrected chi connectivity index (χ3v) is 4.19. The van der Waals surface area contributed by atoms with Crippen LogP contribution in [0.25, 0.3) is 0 Å². The summed E-state index contributed by atoms with van der Waals surface area (Å²) in [6.45, 7) is 7.48. The number of nitrogens with zero attached hydrogens (tertiary/aromatic N) is 4. The molecule has 1 unspecified atom stereocenters. The summed E-state index contributed by atoms with van der Waals surface area (Å²) in [6.07, 6.45) is 5.33. The molecule has 24 heavy (non-hydrogen) atoms. The Labute approximate surface area is 141 Å². The maximum absolute atomic E-state index is 12.3. The number of hydrogen-bond acceptors (Lipinski definition) is 5. The molecule has 0 bridgehead atoms. The van der Waals surface area contributed by atoms with Crippen LogP contribution in [-0.4, -0.2) is 38.2 Å². The van der Waals surface area contributed by atoms with Gasteiger partial charge in [0.1, 0.15) is 11.6 Å². The van der Waals surface area contributed by atoms with Crippen LogP contribution < -0.4 is 10.6 Å². The topological polar surface area (TPSA) is 84.7 Å². The van der Waals surface area contributed by atoms with Crippen molar-refractivity contribution >= 4 is 11.7 Å². The summed E-state index contributed by atoms with van der Waals surface area (Å²) in [6, 6.07) is 2.00. The Kier molecular flexibility index (Phi) is 4.78. The molecule has 0 aromatic carbocycles. The van der Waals surface area contributed by atoms with Gasteiger partial charge in [-0.25, -0.2) is 9.97 Å². The highest BCUT2D eigenvalue weighted by Gasteiger charge is 2.25. The summed E-state index contributed by atoms with van der Waals surface area (Å²) < 4.78 is 1.96. The number of rotatable bonds is 5. The van der Waals surface area contributed by atoms with E-state index < -0.39 is 0 Å². The number of hydrogen-bond donors (Lipinski definition) is 2. The van der Waals surface area contributed by atoms with Crippen LogP contribution in [0.5, 0.6) is 0 Å². The van der Waals surface area contributed by atoms with Crippen LogP contribution in [0.2, 0.25) is 0 Å². The van der Waals surface area contributed by atoms with Crippen LogP contribution in [0.3, 0.4) is 0 Å². The molecule has 3 rings (SSSR count). The van der Waals surface area contributed by atoms with Crippen LogP contribution in [-0.2, 0) is 13.0 Å². The van der Waals surface area contributed by atoms with E-state index in [2.05, 4.69) is 25.7 Å². The number of carbonyl (C=O) groups is 1. The quantitative estimate of drug-likeness (QED) is 0.874. The van der Waals surface area contributed by atoms with Crippen molar-refractivity contribution in [3.63, 3.8) is 0 Å². The average Bonchev–Trinajstić information content (AvgIpc) is 2.95. The Balaban J connectivity index is 1.65. The van der Waals surface area contributed by atoms with Gasteiger partial charge in [-0.2, -0.15) is 5.10 Å². The Hall–Kier alpha value is -2.44. The van der Waals surface area contributed by atoms with Crippen LogP contribution in [0.15, 0.2) is 18.5 Å². The van der Waals surface area contributed by atoms with E-state index in [0.717, 1.165) is 43.3 Å². The molecule has 2 aromatic heterocycles. The number of fused-ring (bicyclic) bond motifs is 1. The lowest BCUT2D eigenvalue weighted by Crippen LogP contribution is -2.32. The van der Waals surface area contributed by atoms with Crippen LogP contribution in [0.1, 0.15) is 42.1 Å². The van der Waals surface area contributed by atoms with Gasteiger partial charge in [-0.05, 0) is 45.6 Å². The molecule has 0 fully saturated rings. The number of aryl methyl sites for hydroxylation is 2. The molecule has 1 aliphatic heterocycles. The smallest absolute Gasteiger partial charge is 0.254 e. The van der Waals surface area contributed by atoms with Crippen LogP contribution >= 0.6 is 0 Å². The van der Waals surface area contributed by atoms with Gasteiger partial charge in [0.15, 0.2) is 0 Å². The van der Waals surface area contributed by atoms with Crippen LogP contribution in [0, 0.1) is 12.8 Å². The summed E-state index contributed by atoms with van der Waals surface area (Å²) in [7, 11) is 0. The Morgan fingerprint density at radius 3 is 3.04 bits per heavy atom. The highest BCUT2D eigenvalue weighted by atomic mass is 16.1. The maximum atomic E-state index is 12.3. The molecule has 2 N–H and O–H groups in total. The lowest BCUT2D eigenvalue weighted by molar-refractivity contribution is 0.0941. The fraction of sp³-hybridized carbons (Fsp3) is 0.529. The molecule has 0 saturated heterocycles. The van der Waals surface area contributed by atoms with Crippen molar-refractivity contribution in [2.75, 3.05) is 11.9 Å². The largest absolute Gasteiger partial charge is 0.370 e. The van der Waals surface area contributed by atoms with E-state index in [1.54, 1.807) is 12.4 Å². The van der Waals surface area contributed by atoms with Crippen molar-refractivity contribution in [3.05, 3.63) is 35.5 Å². The molecule has 128 valence electrons. The molecule has 0 aliphatic carbocycles. The first-order valence-corrected chi connectivity index (χ1v) is 8.42.